The number of fused-ring (bicyclic) bond motifs is 3. The maximum Gasteiger partial charge on any atom is 0.169 e. The van der Waals surface area contributed by atoms with Crippen LogP contribution in [0.1, 0.15) is 0 Å². The third kappa shape index (κ3) is 5.57. The van der Waals surface area contributed by atoms with E-state index >= 15 is 0 Å². The molecule has 0 saturated carbocycles. The second-order valence-electron chi connectivity index (χ2n) is 4.98. The molecule has 2 aliphatic heterocycles. The van der Waals surface area contributed by atoms with Crippen molar-refractivity contribution in [3.05, 3.63) is 48.8 Å². The Balaban J connectivity index is 0.000000169. The van der Waals surface area contributed by atoms with E-state index in [2.05, 4.69) is 47.6 Å². The number of benzene rings is 1. The molecule has 2 aliphatic rings. The van der Waals surface area contributed by atoms with E-state index in [0.29, 0.717) is 0 Å². The predicted octanol–water partition coefficient (Wildman–Crippen LogP) is 2.87. The van der Waals surface area contributed by atoms with Gasteiger partial charge in [0.15, 0.2) is 12.8 Å². The molecule has 0 fully saturated rings. The van der Waals surface area contributed by atoms with Gasteiger partial charge in [-0.1, -0.05) is 12.1 Å². The Morgan fingerprint density at radius 2 is 1.44 bits per heavy atom. The van der Waals surface area contributed by atoms with Crippen molar-refractivity contribution >= 4 is 34.6 Å². The van der Waals surface area contributed by atoms with Crippen molar-refractivity contribution in [3.8, 4) is 0 Å². The number of hydrogen-bond donors (Lipinski definition) is 0. The van der Waals surface area contributed by atoms with Gasteiger partial charge in [-0.3, -0.25) is 20.0 Å². The van der Waals surface area contributed by atoms with E-state index in [4.69, 9.17) is 0 Å². The first-order chi connectivity index (χ1) is 11.9. The fourth-order valence-electron chi connectivity index (χ4n) is 2.22. The summed E-state index contributed by atoms with van der Waals surface area (Å²) in [6.07, 6.45) is 6.59. The third-order valence-corrected chi connectivity index (χ3v) is 3.33. The maximum atomic E-state index is 4.65. The second kappa shape index (κ2) is 10.5. The molecule has 3 aromatic rings. The van der Waals surface area contributed by atoms with Crippen molar-refractivity contribution in [2.45, 2.75) is 0 Å². The molecule has 0 bridgehead atoms. The summed E-state index contributed by atoms with van der Waals surface area (Å²) in [5.74, 6) is 0. The monoisotopic (exact) mass is 424 g/mol. The minimum atomic E-state index is 0. The van der Waals surface area contributed by atoms with Crippen LogP contribution in [0.15, 0.2) is 58.8 Å². The molecule has 0 atom stereocenters. The Kier molecular flexibility index (Phi) is 7.93. The summed E-state index contributed by atoms with van der Waals surface area (Å²) in [5.41, 5.74) is 2.02. The Morgan fingerprint density at radius 3 is 2.04 bits per heavy atom. The van der Waals surface area contributed by atoms with Crippen molar-refractivity contribution < 1.29 is 29.0 Å². The Morgan fingerprint density at radius 1 is 0.760 bits per heavy atom. The fraction of sp³-hybridized carbons (Fsp3) is 0.222. The van der Waals surface area contributed by atoms with E-state index in [9.17, 15) is 0 Å². The summed E-state index contributed by atoms with van der Waals surface area (Å²) < 4.78 is 9.31. The topological polar surface area (TPSA) is 69.0 Å². The van der Waals surface area contributed by atoms with Crippen molar-refractivity contribution in [1.82, 2.24) is 9.97 Å². The smallest absolute Gasteiger partial charge is 0.169 e. The number of hydrogen-bond acceptors (Lipinski definition) is 6. The summed E-state index contributed by atoms with van der Waals surface area (Å²) in [5, 5.41) is 2.28. The van der Waals surface area contributed by atoms with Gasteiger partial charge in [-0.05, 0) is 24.3 Å². The van der Waals surface area contributed by atoms with Crippen LogP contribution in [-0.4, -0.2) is 49.1 Å². The van der Waals surface area contributed by atoms with Crippen LogP contribution in [0.2, 0.25) is 0 Å². The molecule has 130 valence electrons. The molecule has 0 aliphatic carbocycles. The molecule has 6 nitrogen and oxygen atoms in total. The van der Waals surface area contributed by atoms with Crippen LogP contribution in [0.4, 0.5) is 0 Å². The molecular formula is C18H18N4O2Ru. The molecule has 4 heterocycles. The SMILES string of the molecule is C1=NCCO1.C1=NCCO1.[Ru].c1cnc2c(c1)ccc1ncccc12. The molecule has 0 N–H and O–H groups in total. The molecule has 0 spiro atoms. The van der Waals surface area contributed by atoms with Crippen LogP contribution in [0.5, 0.6) is 0 Å². The molecule has 0 amide bonds. The standard InChI is InChI=1S/C12H8N2.2C3H5NO.Ru/c1-3-9-5-6-11-10(4-2-7-13-11)12(9)14-8-1;2*1-2-5-3-4-1;/h1-8H;2*3H,1-2H2;. The van der Waals surface area contributed by atoms with Gasteiger partial charge >= 0.3 is 0 Å². The first-order valence-electron chi connectivity index (χ1n) is 7.73. The van der Waals surface area contributed by atoms with E-state index < -0.39 is 0 Å². The molecule has 7 heteroatoms. The Hall–Kier alpha value is -2.40. The van der Waals surface area contributed by atoms with E-state index in [-0.39, 0.29) is 19.5 Å². The number of rotatable bonds is 0. The molecule has 0 saturated heterocycles. The molecular weight excluding hydrogens is 405 g/mol. The van der Waals surface area contributed by atoms with E-state index in [0.717, 1.165) is 48.1 Å². The van der Waals surface area contributed by atoms with E-state index in [1.807, 2.05) is 24.4 Å². The zero-order valence-electron chi connectivity index (χ0n) is 13.6. The third-order valence-electron chi connectivity index (χ3n) is 3.33. The second-order valence-corrected chi connectivity index (χ2v) is 4.98. The van der Waals surface area contributed by atoms with Gasteiger partial charge < -0.3 is 9.47 Å². The summed E-state index contributed by atoms with van der Waals surface area (Å²) in [4.78, 5) is 16.1. The van der Waals surface area contributed by atoms with Gasteiger partial charge in [-0.15, -0.1) is 0 Å². The van der Waals surface area contributed by atoms with Crippen LogP contribution < -0.4 is 0 Å². The summed E-state index contributed by atoms with van der Waals surface area (Å²) in [6.45, 7) is 3.25. The quantitative estimate of drug-likeness (QED) is 0.412. The normalized spacial score (nSPS) is 13.8. The molecule has 0 radical (unpaired) electrons. The fourth-order valence-corrected chi connectivity index (χ4v) is 2.22. The number of nitrogens with zero attached hydrogens (tertiary/aromatic N) is 4. The Bertz CT molecular complexity index is 772. The number of pyridine rings is 2. The van der Waals surface area contributed by atoms with E-state index in [1.54, 1.807) is 6.20 Å². The zero-order valence-corrected chi connectivity index (χ0v) is 15.3. The minimum Gasteiger partial charge on any atom is -0.482 e. The van der Waals surface area contributed by atoms with Crippen LogP contribution in [-0.2, 0) is 29.0 Å². The summed E-state index contributed by atoms with van der Waals surface area (Å²) in [7, 11) is 0. The van der Waals surface area contributed by atoms with Gasteiger partial charge in [-0.25, -0.2) is 0 Å². The van der Waals surface area contributed by atoms with Crippen molar-refractivity contribution in [1.29, 1.82) is 0 Å². The van der Waals surface area contributed by atoms with Crippen molar-refractivity contribution in [2.24, 2.45) is 9.98 Å². The van der Waals surface area contributed by atoms with Crippen LogP contribution in [0, 0.1) is 0 Å². The average molecular weight is 423 g/mol. The number of aliphatic imine (C=N–C) groups is 2. The number of aromatic nitrogens is 2. The molecule has 5 rings (SSSR count). The molecule has 2 aromatic heterocycles. The first-order valence-corrected chi connectivity index (χ1v) is 7.73. The van der Waals surface area contributed by atoms with Gasteiger partial charge in [0.05, 0.1) is 24.1 Å². The molecule has 25 heavy (non-hydrogen) atoms. The van der Waals surface area contributed by atoms with Gasteiger partial charge in [0.2, 0.25) is 0 Å². The maximum absolute atomic E-state index is 4.65. The molecule has 1 aromatic carbocycles. The van der Waals surface area contributed by atoms with Crippen LogP contribution in [0.3, 0.4) is 0 Å². The van der Waals surface area contributed by atoms with Crippen molar-refractivity contribution in [2.75, 3.05) is 26.3 Å². The first kappa shape index (κ1) is 18.9. The van der Waals surface area contributed by atoms with Gasteiger partial charge in [0.25, 0.3) is 0 Å². The average Bonchev–Trinajstić information content (AvgIpc) is 3.40. The van der Waals surface area contributed by atoms with Crippen LogP contribution in [0.25, 0.3) is 21.8 Å². The summed E-state index contributed by atoms with van der Waals surface area (Å²) in [6, 6.07) is 12.1. The minimum absolute atomic E-state index is 0. The van der Waals surface area contributed by atoms with Gasteiger partial charge in [-0.2, -0.15) is 0 Å². The van der Waals surface area contributed by atoms with Crippen molar-refractivity contribution in [3.63, 3.8) is 0 Å². The Labute approximate surface area is 158 Å². The largest absolute Gasteiger partial charge is 0.482 e. The zero-order chi connectivity index (χ0) is 16.5. The van der Waals surface area contributed by atoms with Gasteiger partial charge in [0.1, 0.15) is 13.2 Å². The van der Waals surface area contributed by atoms with Crippen LogP contribution >= 0.6 is 0 Å². The number of ether oxygens (including phenoxy) is 2. The predicted molar refractivity (Wildman–Crippen MR) is 95.7 cm³/mol. The molecule has 0 unspecified atom stereocenters. The van der Waals surface area contributed by atoms with Gasteiger partial charge in [0, 0.05) is 42.6 Å². The summed E-state index contributed by atoms with van der Waals surface area (Å²) >= 11 is 0. The van der Waals surface area contributed by atoms with E-state index in [1.165, 1.54) is 12.8 Å².